The molecule has 0 aromatic heterocycles. The van der Waals surface area contributed by atoms with Crippen molar-refractivity contribution in [1.82, 2.24) is 4.90 Å². The first kappa shape index (κ1) is 14.2. The molecule has 1 aliphatic heterocycles. The molecule has 112 valence electrons. The van der Waals surface area contributed by atoms with Crippen molar-refractivity contribution in [2.75, 3.05) is 18.9 Å². The number of phenolic OH excluding ortho intramolecular Hbond substituents is 1. The van der Waals surface area contributed by atoms with Gasteiger partial charge in [-0.2, -0.15) is 0 Å². The highest BCUT2D eigenvalue weighted by Gasteiger charge is 2.28. The maximum atomic E-state index is 10.00. The summed E-state index contributed by atoms with van der Waals surface area (Å²) < 4.78 is 0. The second-order valence-electron chi connectivity index (χ2n) is 6.43. The van der Waals surface area contributed by atoms with Crippen molar-refractivity contribution < 1.29 is 5.11 Å². The Kier molecular flexibility index (Phi) is 3.77. The average Bonchev–Trinajstić information content (AvgIpc) is 2.46. The number of benzene rings is 2. The van der Waals surface area contributed by atoms with Gasteiger partial charge in [0.1, 0.15) is 5.75 Å². The molecule has 0 bridgehead atoms. The molecule has 0 saturated carbocycles. The third-order valence-corrected chi connectivity index (χ3v) is 4.85. The van der Waals surface area contributed by atoms with Gasteiger partial charge >= 0.3 is 0 Å². The van der Waals surface area contributed by atoms with Crippen LogP contribution in [0.4, 0.5) is 5.69 Å². The number of piperidine rings is 1. The number of likely N-dealkylation sites (tertiary alicyclic amines) is 1. The van der Waals surface area contributed by atoms with Crippen LogP contribution in [0.2, 0.25) is 0 Å². The van der Waals surface area contributed by atoms with Crippen LogP contribution < -0.4 is 5.32 Å². The number of nitrogens with one attached hydrogen (secondary N) is 1. The van der Waals surface area contributed by atoms with Crippen LogP contribution in [0, 0.1) is 5.92 Å². The SMILES string of the molecule is CC1CN(C)C(C)CC1Nc1cccc2c(O)cccc12. The maximum absolute atomic E-state index is 10.00. The van der Waals surface area contributed by atoms with Crippen LogP contribution in [0.25, 0.3) is 10.8 Å². The Morgan fingerprint density at radius 3 is 2.62 bits per heavy atom. The molecule has 0 spiro atoms. The second kappa shape index (κ2) is 5.57. The Balaban J connectivity index is 1.90. The molecule has 2 N–H and O–H groups in total. The van der Waals surface area contributed by atoms with Gasteiger partial charge in [-0.25, -0.2) is 0 Å². The van der Waals surface area contributed by atoms with Crippen LogP contribution >= 0.6 is 0 Å². The van der Waals surface area contributed by atoms with E-state index in [1.54, 1.807) is 6.07 Å². The molecule has 2 aromatic carbocycles. The summed E-state index contributed by atoms with van der Waals surface area (Å²) in [4.78, 5) is 2.43. The molecule has 3 atom stereocenters. The van der Waals surface area contributed by atoms with Gasteiger partial charge in [-0.3, -0.25) is 0 Å². The normalized spacial score (nSPS) is 26.9. The number of hydrogen-bond donors (Lipinski definition) is 2. The van der Waals surface area contributed by atoms with E-state index in [-0.39, 0.29) is 0 Å². The standard InChI is InChI=1S/C18H24N2O/c1-12-11-20(3)13(2)10-17(12)19-16-8-4-7-15-14(16)6-5-9-18(15)21/h4-9,12-13,17,19,21H,10-11H2,1-3H3. The second-order valence-corrected chi connectivity index (χ2v) is 6.43. The first-order valence-electron chi connectivity index (χ1n) is 7.73. The highest BCUT2D eigenvalue weighted by molar-refractivity contribution is 5.97. The van der Waals surface area contributed by atoms with Crippen molar-refractivity contribution in [2.24, 2.45) is 5.92 Å². The minimum Gasteiger partial charge on any atom is -0.507 e. The van der Waals surface area contributed by atoms with Gasteiger partial charge in [0.2, 0.25) is 0 Å². The van der Waals surface area contributed by atoms with E-state index in [0.717, 1.165) is 29.4 Å². The third kappa shape index (κ3) is 2.70. The Labute approximate surface area is 126 Å². The van der Waals surface area contributed by atoms with Crippen LogP contribution in [0.15, 0.2) is 36.4 Å². The summed E-state index contributed by atoms with van der Waals surface area (Å²) in [6.45, 7) is 5.72. The smallest absolute Gasteiger partial charge is 0.123 e. The van der Waals surface area contributed by atoms with Crippen LogP contribution in [-0.4, -0.2) is 35.7 Å². The summed E-state index contributed by atoms with van der Waals surface area (Å²) in [7, 11) is 2.20. The molecule has 1 heterocycles. The van der Waals surface area contributed by atoms with Crippen LogP contribution in [0.1, 0.15) is 20.3 Å². The molecule has 0 radical (unpaired) electrons. The van der Waals surface area contributed by atoms with Crippen molar-refractivity contribution in [3.05, 3.63) is 36.4 Å². The number of fused-ring (bicyclic) bond motifs is 1. The van der Waals surface area contributed by atoms with Gasteiger partial charge < -0.3 is 15.3 Å². The predicted molar refractivity (Wildman–Crippen MR) is 88.9 cm³/mol. The van der Waals surface area contributed by atoms with Gasteiger partial charge in [0.15, 0.2) is 0 Å². The van der Waals surface area contributed by atoms with E-state index < -0.39 is 0 Å². The van der Waals surface area contributed by atoms with E-state index in [1.165, 1.54) is 0 Å². The first-order chi connectivity index (χ1) is 10.1. The van der Waals surface area contributed by atoms with E-state index in [1.807, 2.05) is 18.2 Å². The summed E-state index contributed by atoms with van der Waals surface area (Å²) in [6.07, 6.45) is 1.15. The summed E-state index contributed by atoms with van der Waals surface area (Å²) in [5.41, 5.74) is 1.12. The molecule has 1 aliphatic rings. The monoisotopic (exact) mass is 284 g/mol. The summed E-state index contributed by atoms with van der Waals surface area (Å²) in [6, 6.07) is 12.9. The largest absolute Gasteiger partial charge is 0.507 e. The lowest BCUT2D eigenvalue weighted by molar-refractivity contribution is 0.146. The topological polar surface area (TPSA) is 35.5 Å². The van der Waals surface area contributed by atoms with Crippen molar-refractivity contribution in [3.8, 4) is 5.75 Å². The molecule has 21 heavy (non-hydrogen) atoms. The fraction of sp³-hybridized carbons (Fsp3) is 0.444. The molecule has 1 saturated heterocycles. The van der Waals surface area contributed by atoms with E-state index in [9.17, 15) is 5.11 Å². The zero-order chi connectivity index (χ0) is 15.0. The van der Waals surface area contributed by atoms with E-state index in [4.69, 9.17) is 0 Å². The molecular weight excluding hydrogens is 260 g/mol. The summed E-state index contributed by atoms with van der Waals surface area (Å²) >= 11 is 0. The minimum atomic E-state index is 0.348. The molecule has 3 unspecified atom stereocenters. The van der Waals surface area contributed by atoms with Crippen LogP contribution in [0.3, 0.4) is 0 Å². The minimum absolute atomic E-state index is 0.348. The van der Waals surface area contributed by atoms with Gasteiger partial charge in [0.05, 0.1) is 0 Å². The van der Waals surface area contributed by atoms with E-state index >= 15 is 0 Å². The molecule has 3 heteroatoms. The first-order valence-corrected chi connectivity index (χ1v) is 7.73. The molecule has 2 aromatic rings. The highest BCUT2D eigenvalue weighted by Crippen LogP contribution is 2.32. The number of hydrogen-bond acceptors (Lipinski definition) is 3. The number of aromatic hydroxyl groups is 1. The zero-order valence-electron chi connectivity index (χ0n) is 13.0. The molecule has 0 amide bonds. The fourth-order valence-corrected chi connectivity index (χ4v) is 3.36. The summed E-state index contributed by atoms with van der Waals surface area (Å²) in [5, 5.41) is 15.7. The lowest BCUT2D eigenvalue weighted by atomic mass is 9.89. The Bertz CT molecular complexity index is 640. The average molecular weight is 284 g/mol. The number of rotatable bonds is 2. The Hall–Kier alpha value is -1.74. The van der Waals surface area contributed by atoms with E-state index in [2.05, 4.69) is 43.2 Å². The molecular formula is C18H24N2O. The predicted octanol–water partition coefficient (Wildman–Crippen LogP) is 3.69. The Morgan fingerprint density at radius 2 is 1.81 bits per heavy atom. The third-order valence-electron chi connectivity index (χ3n) is 4.85. The maximum Gasteiger partial charge on any atom is 0.123 e. The lowest BCUT2D eigenvalue weighted by Gasteiger charge is -2.40. The summed E-state index contributed by atoms with van der Waals surface area (Å²) in [5.74, 6) is 0.958. The quantitative estimate of drug-likeness (QED) is 0.883. The van der Waals surface area contributed by atoms with Gasteiger partial charge in [0.25, 0.3) is 0 Å². The van der Waals surface area contributed by atoms with Crippen LogP contribution in [0.5, 0.6) is 5.75 Å². The highest BCUT2D eigenvalue weighted by atomic mass is 16.3. The van der Waals surface area contributed by atoms with Crippen LogP contribution in [-0.2, 0) is 0 Å². The molecule has 0 aliphatic carbocycles. The van der Waals surface area contributed by atoms with Gasteiger partial charge in [-0.1, -0.05) is 31.2 Å². The van der Waals surface area contributed by atoms with Gasteiger partial charge in [0, 0.05) is 35.1 Å². The number of anilines is 1. The van der Waals surface area contributed by atoms with Crippen molar-refractivity contribution in [2.45, 2.75) is 32.4 Å². The van der Waals surface area contributed by atoms with Crippen molar-refractivity contribution in [1.29, 1.82) is 0 Å². The van der Waals surface area contributed by atoms with Crippen molar-refractivity contribution in [3.63, 3.8) is 0 Å². The molecule has 3 nitrogen and oxygen atoms in total. The van der Waals surface area contributed by atoms with Crippen molar-refractivity contribution >= 4 is 16.5 Å². The van der Waals surface area contributed by atoms with E-state index in [0.29, 0.717) is 23.8 Å². The zero-order valence-corrected chi connectivity index (χ0v) is 13.0. The molecule has 3 rings (SSSR count). The lowest BCUT2D eigenvalue weighted by Crippen LogP contribution is -2.48. The number of phenols is 1. The van der Waals surface area contributed by atoms with Gasteiger partial charge in [-0.15, -0.1) is 0 Å². The van der Waals surface area contributed by atoms with Gasteiger partial charge in [-0.05, 0) is 38.4 Å². The molecule has 1 fully saturated rings. The number of nitrogens with zero attached hydrogens (tertiary/aromatic N) is 1. The Morgan fingerprint density at radius 1 is 1.10 bits per heavy atom. The fourth-order valence-electron chi connectivity index (χ4n) is 3.36.